The van der Waals surface area contributed by atoms with Crippen LogP contribution in [0.5, 0.6) is 0 Å². The summed E-state index contributed by atoms with van der Waals surface area (Å²) in [5.74, 6) is 0. The molecule has 0 heterocycles. The van der Waals surface area contributed by atoms with E-state index in [9.17, 15) is 0 Å². The quantitative estimate of drug-likeness (QED) is 0.256. The van der Waals surface area contributed by atoms with Crippen LogP contribution in [0, 0.1) is 0 Å². The molecular weight excluding hydrogens is 176 g/mol. The third kappa shape index (κ3) is 9.45. The van der Waals surface area contributed by atoms with Crippen LogP contribution in [-0.4, -0.2) is 37.8 Å². The molecule has 0 saturated heterocycles. The first-order valence-electron chi connectivity index (χ1n) is 4.04. The monoisotopic (exact) mass is 192 g/mol. The zero-order chi connectivity index (χ0) is 9.94. The lowest BCUT2D eigenvalue weighted by Gasteiger charge is -2.07. The van der Waals surface area contributed by atoms with E-state index >= 15 is 0 Å². The van der Waals surface area contributed by atoms with Crippen LogP contribution < -0.4 is 0 Å². The van der Waals surface area contributed by atoms with Gasteiger partial charge in [-0.3, -0.25) is 5.26 Å². The molecule has 0 rings (SSSR count). The Balaban J connectivity index is 2.95. The Bertz CT molecular complexity index is 117. The average Bonchev–Trinajstić information content (AvgIpc) is 2.16. The van der Waals surface area contributed by atoms with Crippen molar-refractivity contribution in [2.45, 2.75) is 13.0 Å². The molecule has 0 radical (unpaired) electrons. The summed E-state index contributed by atoms with van der Waals surface area (Å²) in [5.41, 5.74) is 0. The molecule has 0 amide bonds. The van der Waals surface area contributed by atoms with E-state index in [-0.39, 0.29) is 6.10 Å². The normalized spacial score (nSPS) is 12.8. The topological polar surface area (TPSA) is 57.2 Å². The molecule has 0 aliphatic rings. The molecule has 78 valence electrons. The lowest BCUT2D eigenvalue weighted by Crippen LogP contribution is -2.16. The summed E-state index contributed by atoms with van der Waals surface area (Å²) in [6.07, 6.45) is 1.26. The first-order valence-corrected chi connectivity index (χ1v) is 4.04. The molecule has 5 heteroatoms. The second-order valence-corrected chi connectivity index (χ2v) is 2.39. The van der Waals surface area contributed by atoms with Crippen LogP contribution in [0.25, 0.3) is 0 Å². The molecule has 0 fully saturated rings. The van der Waals surface area contributed by atoms with Crippen LogP contribution in [0.15, 0.2) is 12.7 Å². The SMILES string of the molecule is C=CCOOCCOCC(C)OO. The maximum atomic E-state index is 8.16. The highest BCUT2D eigenvalue weighted by atomic mass is 17.2. The van der Waals surface area contributed by atoms with E-state index in [1.54, 1.807) is 13.0 Å². The number of rotatable bonds is 9. The largest absolute Gasteiger partial charge is 0.376 e. The predicted octanol–water partition coefficient (Wildman–Crippen LogP) is 1.02. The van der Waals surface area contributed by atoms with E-state index in [0.717, 1.165) is 0 Å². The van der Waals surface area contributed by atoms with Crippen molar-refractivity contribution in [3.8, 4) is 0 Å². The average molecular weight is 192 g/mol. The Morgan fingerprint density at radius 3 is 2.77 bits per heavy atom. The lowest BCUT2D eigenvalue weighted by molar-refractivity contribution is -0.298. The molecule has 13 heavy (non-hydrogen) atoms. The van der Waals surface area contributed by atoms with Crippen molar-refractivity contribution < 1.29 is 24.7 Å². The van der Waals surface area contributed by atoms with E-state index in [1.165, 1.54) is 0 Å². The third-order valence-corrected chi connectivity index (χ3v) is 1.11. The highest BCUT2D eigenvalue weighted by Gasteiger charge is 1.99. The van der Waals surface area contributed by atoms with Gasteiger partial charge in [-0.25, -0.2) is 14.7 Å². The molecule has 0 aromatic heterocycles. The van der Waals surface area contributed by atoms with Crippen molar-refractivity contribution >= 4 is 0 Å². The van der Waals surface area contributed by atoms with E-state index < -0.39 is 0 Å². The predicted molar refractivity (Wildman–Crippen MR) is 46.1 cm³/mol. The molecule has 0 bridgehead atoms. The van der Waals surface area contributed by atoms with Gasteiger partial charge in [-0.2, -0.15) is 0 Å². The molecule has 1 unspecified atom stereocenters. The molecule has 1 N–H and O–H groups in total. The fourth-order valence-corrected chi connectivity index (χ4v) is 0.528. The van der Waals surface area contributed by atoms with Crippen molar-refractivity contribution in [3.63, 3.8) is 0 Å². The highest BCUT2D eigenvalue weighted by molar-refractivity contribution is 4.62. The maximum Gasteiger partial charge on any atom is 0.113 e. The fraction of sp³-hybridized carbons (Fsp3) is 0.750. The van der Waals surface area contributed by atoms with Gasteiger partial charge in [0.15, 0.2) is 0 Å². The molecule has 0 aromatic carbocycles. The standard InChI is InChI=1S/C8H16O5/c1-3-4-11-12-6-5-10-7-8(2)13-9/h3,8-9H,1,4-7H2,2H3. The van der Waals surface area contributed by atoms with Gasteiger partial charge in [0, 0.05) is 0 Å². The summed E-state index contributed by atoms with van der Waals surface area (Å²) in [7, 11) is 0. The van der Waals surface area contributed by atoms with Gasteiger partial charge in [-0.05, 0) is 6.92 Å². The highest BCUT2D eigenvalue weighted by Crippen LogP contribution is 1.88. The van der Waals surface area contributed by atoms with E-state index in [2.05, 4.69) is 21.2 Å². The van der Waals surface area contributed by atoms with E-state index in [0.29, 0.717) is 26.4 Å². The van der Waals surface area contributed by atoms with E-state index in [1.807, 2.05) is 0 Å². The summed E-state index contributed by atoms with van der Waals surface area (Å²) in [6, 6.07) is 0. The van der Waals surface area contributed by atoms with Crippen LogP contribution in [0.2, 0.25) is 0 Å². The van der Waals surface area contributed by atoms with Gasteiger partial charge < -0.3 is 4.74 Å². The Morgan fingerprint density at radius 1 is 1.38 bits per heavy atom. The van der Waals surface area contributed by atoms with Gasteiger partial charge >= 0.3 is 0 Å². The van der Waals surface area contributed by atoms with Crippen LogP contribution in [0.4, 0.5) is 0 Å². The van der Waals surface area contributed by atoms with Gasteiger partial charge in [0.05, 0.1) is 13.2 Å². The Kier molecular flexibility index (Phi) is 9.29. The summed E-state index contributed by atoms with van der Waals surface area (Å²) in [4.78, 5) is 13.3. The maximum absolute atomic E-state index is 8.16. The van der Waals surface area contributed by atoms with Gasteiger partial charge in [0.25, 0.3) is 0 Å². The van der Waals surface area contributed by atoms with Crippen molar-refractivity contribution in [2.75, 3.05) is 26.4 Å². The fourth-order valence-electron chi connectivity index (χ4n) is 0.528. The second-order valence-electron chi connectivity index (χ2n) is 2.39. The molecule has 0 aliphatic carbocycles. The Morgan fingerprint density at radius 2 is 2.15 bits per heavy atom. The summed E-state index contributed by atoms with van der Waals surface area (Å²) < 4.78 is 5.05. The Hall–Kier alpha value is -0.460. The zero-order valence-corrected chi connectivity index (χ0v) is 7.77. The minimum absolute atomic E-state index is 0.321. The second kappa shape index (κ2) is 9.63. The number of hydrogen-bond donors (Lipinski definition) is 1. The molecule has 0 saturated carbocycles. The van der Waals surface area contributed by atoms with Crippen molar-refractivity contribution in [1.29, 1.82) is 0 Å². The third-order valence-electron chi connectivity index (χ3n) is 1.11. The number of ether oxygens (including phenoxy) is 1. The molecule has 0 aromatic rings. The van der Waals surface area contributed by atoms with Crippen LogP contribution in [0.3, 0.4) is 0 Å². The number of hydrogen-bond acceptors (Lipinski definition) is 5. The zero-order valence-electron chi connectivity index (χ0n) is 7.77. The van der Waals surface area contributed by atoms with Gasteiger partial charge in [0.2, 0.25) is 0 Å². The minimum atomic E-state index is -0.325. The molecule has 0 aliphatic heterocycles. The van der Waals surface area contributed by atoms with Crippen LogP contribution in [-0.2, 0) is 19.4 Å². The van der Waals surface area contributed by atoms with Crippen LogP contribution in [0.1, 0.15) is 6.92 Å². The summed E-state index contributed by atoms with van der Waals surface area (Å²) in [6.45, 7) is 6.55. The molecule has 0 spiro atoms. The first kappa shape index (κ1) is 12.5. The van der Waals surface area contributed by atoms with Gasteiger partial charge in [0.1, 0.15) is 19.3 Å². The smallest absolute Gasteiger partial charge is 0.113 e. The molecule has 1 atom stereocenters. The lowest BCUT2D eigenvalue weighted by atomic mass is 10.4. The minimum Gasteiger partial charge on any atom is -0.376 e. The van der Waals surface area contributed by atoms with Crippen molar-refractivity contribution in [1.82, 2.24) is 0 Å². The van der Waals surface area contributed by atoms with Crippen molar-refractivity contribution in [3.05, 3.63) is 12.7 Å². The van der Waals surface area contributed by atoms with Gasteiger partial charge in [-0.15, -0.1) is 6.58 Å². The van der Waals surface area contributed by atoms with Gasteiger partial charge in [-0.1, -0.05) is 6.08 Å². The van der Waals surface area contributed by atoms with Crippen LogP contribution >= 0.6 is 0 Å². The van der Waals surface area contributed by atoms with E-state index in [4.69, 9.17) is 9.99 Å². The van der Waals surface area contributed by atoms with Crippen molar-refractivity contribution in [2.24, 2.45) is 0 Å². The molecular formula is C8H16O5. The molecule has 5 nitrogen and oxygen atoms in total. The summed E-state index contributed by atoms with van der Waals surface area (Å²) >= 11 is 0. The summed E-state index contributed by atoms with van der Waals surface area (Å²) in [5, 5.41) is 8.16. The Labute approximate surface area is 77.7 Å². The first-order chi connectivity index (χ1) is 6.31.